The van der Waals surface area contributed by atoms with E-state index in [2.05, 4.69) is 20.6 Å². The van der Waals surface area contributed by atoms with Gasteiger partial charge in [-0.1, -0.05) is 0 Å². The highest BCUT2D eigenvalue weighted by Gasteiger charge is 2.29. The van der Waals surface area contributed by atoms with Crippen molar-refractivity contribution in [2.75, 3.05) is 18.9 Å². The van der Waals surface area contributed by atoms with Gasteiger partial charge >= 0.3 is 0 Å². The van der Waals surface area contributed by atoms with Crippen LogP contribution < -0.4 is 15.8 Å². The zero-order valence-corrected chi connectivity index (χ0v) is 16.4. The predicted octanol–water partition coefficient (Wildman–Crippen LogP) is 1.20. The first-order chi connectivity index (χ1) is 12.5. The topological polar surface area (TPSA) is 113 Å². The van der Waals surface area contributed by atoms with E-state index >= 15 is 0 Å². The lowest BCUT2D eigenvalue weighted by atomic mass is 9.91. The Balaban J connectivity index is 1.64. The van der Waals surface area contributed by atoms with Gasteiger partial charge in [0.1, 0.15) is 17.0 Å². The summed E-state index contributed by atoms with van der Waals surface area (Å²) in [5.74, 6) is 0.816. The minimum atomic E-state index is -3.69. The van der Waals surface area contributed by atoms with E-state index in [1.165, 1.54) is 9.18 Å². The van der Waals surface area contributed by atoms with Gasteiger partial charge in [-0.15, -0.1) is 11.3 Å². The van der Waals surface area contributed by atoms with Crippen molar-refractivity contribution in [3.05, 3.63) is 16.8 Å². The number of hydrogen-bond donors (Lipinski definition) is 3. The fraction of sp³-hybridized carbons (Fsp3) is 0.625. The summed E-state index contributed by atoms with van der Waals surface area (Å²) in [5, 5.41) is 13.2. The van der Waals surface area contributed by atoms with Crippen molar-refractivity contribution >= 4 is 37.6 Å². The summed E-state index contributed by atoms with van der Waals surface area (Å²) in [6.45, 7) is 0.714. The summed E-state index contributed by atoms with van der Waals surface area (Å²) in [4.78, 5) is 11.0. The number of aromatic nitrogens is 2. The van der Waals surface area contributed by atoms with E-state index in [-0.39, 0.29) is 0 Å². The van der Waals surface area contributed by atoms with E-state index in [9.17, 15) is 8.42 Å². The number of nitrogens with one attached hydrogen (secondary N) is 2. The molecular formula is C16H24N6O2S2. The van der Waals surface area contributed by atoms with Gasteiger partial charge in [0, 0.05) is 30.1 Å². The number of nitrogens with two attached hydrogens (primary N) is 1. The van der Waals surface area contributed by atoms with Crippen LogP contribution in [0.2, 0.25) is 0 Å². The molecule has 0 radical (unpaired) electrons. The predicted molar refractivity (Wildman–Crippen MR) is 103 cm³/mol. The molecule has 1 aliphatic heterocycles. The summed E-state index contributed by atoms with van der Waals surface area (Å²) >= 11 is 1.63. The Morgan fingerprint density at radius 2 is 1.96 bits per heavy atom. The van der Waals surface area contributed by atoms with Crippen molar-refractivity contribution < 1.29 is 8.42 Å². The summed E-state index contributed by atoms with van der Waals surface area (Å²) in [5.41, 5.74) is 0.997. The van der Waals surface area contributed by atoms with Crippen LogP contribution in [0.4, 0.5) is 5.82 Å². The molecule has 8 nitrogen and oxygen atoms in total. The lowest BCUT2D eigenvalue weighted by Crippen LogP contribution is -2.39. The molecule has 0 spiro atoms. The van der Waals surface area contributed by atoms with Crippen molar-refractivity contribution in [3.63, 3.8) is 0 Å². The van der Waals surface area contributed by atoms with Gasteiger partial charge in [0.05, 0.1) is 5.39 Å². The van der Waals surface area contributed by atoms with Crippen LogP contribution in [-0.2, 0) is 23.2 Å². The molecule has 2 aromatic rings. The molecule has 2 aliphatic rings. The molecule has 0 aromatic carbocycles. The second kappa shape index (κ2) is 7.01. The molecule has 0 amide bonds. The van der Waals surface area contributed by atoms with E-state index in [1.54, 1.807) is 17.7 Å². The number of hydrogen-bond acceptors (Lipinski definition) is 7. The number of fused-ring (bicyclic) bond motifs is 3. The molecule has 1 saturated carbocycles. The molecule has 3 heterocycles. The van der Waals surface area contributed by atoms with E-state index in [0.29, 0.717) is 31.6 Å². The number of rotatable bonds is 4. The molecule has 0 unspecified atom stereocenters. The molecule has 1 fully saturated rings. The quantitative estimate of drug-likeness (QED) is 0.716. The van der Waals surface area contributed by atoms with Gasteiger partial charge in [0.2, 0.25) is 0 Å². The maximum absolute atomic E-state index is 11.8. The zero-order chi connectivity index (χ0) is 18.3. The third-order valence-corrected chi connectivity index (χ3v) is 7.66. The largest absolute Gasteiger partial charge is 0.367 e. The van der Waals surface area contributed by atoms with Gasteiger partial charge in [-0.25, -0.2) is 15.1 Å². The standard InChI is InChI=1S/C16H24N6O2S2/c1-18-10-2-4-11(5-3-10)21-15-14-12-8-22(26(17,23)24)7-6-13(12)25-16(14)20-9-19-15/h9-11,18H,2-8H2,1H3,(H2,17,23,24)(H,19,20,21). The summed E-state index contributed by atoms with van der Waals surface area (Å²) < 4.78 is 24.9. The lowest BCUT2D eigenvalue weighted by Gasteiger charge is -2.29. The first-order valence-corrected chi connectivity index (χ1v) is 11.2. The van der Waals surface area contributed by atoms with Gasteiger partial charge in [-0.2, -0.15) is 12.7 Å². The fourth-order valence-electron chi connectivity index (χ4n) is 3.93. The summed E-state index contributed by atoms with van der Waals surface area (Å²) in [6.07, 6.45) is 6.72. The number of thiophene rings is 1. The SMILES string of the molecule is CNC1CCC(Nc2ncnc3sc4c(c23)CN(S(N)(=O)=O)CC4)CC1. The minimum absolute atomic E-state index is 0.294. The van der Waals surface area contributed by atoms with E-state index in [0.717, 1.165) is 47.3 Å². The molecule has 142 valence electrons. The Labute approximate surface area is 157 Å². The second-order valence-corrected chi connectivity index (χ2v) is 9.65. The highest BCUT2D eigenvalue weighted by atomic mass is 32.2. The summed E-state index contributed by atoms with van der Waals surface area (Å²) in [6, 6.07) is 0.974. The van der Waals surface area contributed by atoms with Gasteiger partial charge in [-0.05, 0) is 44.7 Å². The Morgan fingerprint density at radius 3 is 2.65 bits per heavy atom. The highest BCUT2D eigenvalue weighted by molar-refractivity contribution is 7.86. The monoisotopic (exact) mass is 396 g/mol. The minimum Gasteiger partial charge on any atom is -0.367 e. The van der Waals surface area contributed by atoms with E-state index in [1.807, 2.05) is 7.05 Å². The first-order valence-electron chi connectivity index (χ1n) is 8.92. The van der Waals surface area contributed by atoms with Crippen LogP contribution in [0.5, 0.6) is 0 Å². The van der Waals surface area contributed by atoms with Gasteiger partial charge < -0.3 is 10.6 Å². The van der Waals surface area contributed by atoms with Gasteiger partial charge in [0.15, 0.2) is 0 Å². The Hall–Kier alpha value is -1.33. The Kier molecular flexibility index (Phi) is 4.86. The van der Waals surface area contributed by atoms with Crippen LogP contribution in [0.15, 0.2) is 6.33 Å². The molecule has 4 rings (SSSR count). The first kappa shape index (κ1) is 18.1. The smallest absolute Gasteiger partial charge is 0.277 e. The zero-order valence-electron chi connectivity index (χ0n) is 14.7. The van der Waals surface area contributed by atoms with Crippen LogP contribution >= 0.6 is 11.3 Å². The van der Waals surface area contributed by atoms with E-state index in [4.69, 9.17) is 5.14 Å². The second-order valence-electron chi connectivity index (χ2n) is 7.02. The van der Waals surface area contributed by atoms with Crippen LogP contribution in [0.25, 0.3) is 10.2 Å². The molecule has 4 N–H and O–H groups in total. The maximum atomic E-state index is 11.8. The summed E-state index contributed by atoms with van der Waals surface area (Å²) in [7, 11) is -1.68. The van der Waals surface area contributed by atoms with Crippen molar-refractivity contribution in [2.24, 2.45) is 5.14 Å². The Morgan fingerprint density at radius 1 is 1.23 bits per heavy atom. The molecule has 10 heteroatoms. The molecule has 2 aromatic heterocycles. The van der Waals surface area contributed by atoms with Crippen LogP contribution in [0, 0.1) is 0 Å². The number of nitrogens with zero attached hydrogens (tertiary/aromatic N) is 3. The number of anilines is 1. The normalized spacial score (nSPS) is 24.5. The van der Waals surface area contributed by atoms with Crippen molar-refractivity contribution in [2.45, 2.75) is 50.7 Å². The van der Waals surface area contributed by atoms with Gasteiger partial charge in [-0.3, -0.25) is 0 Å². The third kappa shape index (κ3) is 3.44. The molecule has 26 heavy (non-hydrogen) atoms. The lowest BCUT2D eigenvalue weighted by molar-refractivity contribution is 0.371. The van der Waals surface area contributed by atoms with Crippen LogP contribution in [0.1, 0.15) is 36.1 Å². The molecule has 0 saturated heterocycles. The van der Waals surface area contributed by atoms with E-state index < -0.39 is 10.2 Å². The molecule has 0 atom stereocenters. The maximum Gasteiger partial charge on any atom is 0.277 e. The Bertz CT molecular complexity index is 905. The molecular weight excluding hydrogens is 372 g/mol. The molecule has 1 aliphatic carbocycles. The van der Waals surface area contributed by atoms with Crippen molar-refractivity contribution in [1.29, 1.82) is 0 Å². The van der Waals surface area contributed by atoms with Gasteiger partial charge in [0.25, 0.3) is 10.2 Å². The third-order valence-electron chi connectivity index (χ3n) is 5.43. The van der Waals surface area contributed by atoms with Crippen molar-refractivity contribution in [3.8, 4) is 0 Å². The van der Waals surface area contributed by atoms with Crippen LogP contribution in [0.3, 0.4) is 0 Å². The highest BCUT2D eigenvalue weighted by Crippen LogP contribution is 2.38. The fourth-order valence-corrected chi connectivity index (χ4v) is 5.73. The average Bonchev–Trinajstić information content (AvgIpc) is 3.00. The average molecular weight is 397 g/mol. The van der Waals surface area contributed by atoms with Crippen molar-refractivity contribution in [1.82, 2.24) is 19.6 Å². The van der Waals surface area contributed by atoms with Crippen LogP contribution in [-0.4, -0.2) is 48.4 Å². The molecule has 0 bridgehead atoms.